The Morgan fingerprint density at radius 1 is 1.35 bits per heavy atom. The number of nitro groups is 1. The van der Waals surface area contributed by atoms with Crippen LogP contribution in [0.2, 0.25) is 5.02 Å². The van der Waals surface area contributed by atoms with E-state index in [1.807, 2.05) is 17.7 Å². The molecule has 3 rings (SSSR count). The molecule has 0 aliphatic heterocycles. The summed E-state index contributed by atoms with van der Waals surface area (Å²) < 4.78 is 1.90. The van der Waals surface area contributed by atoms with Crippen molar-refractivity contribution in [3.05, 3.63) is 57.6 Å². The number of hydrogen-bond acceptors (Lipinski definition) is 5. The van der Waals surface area contributed by atoms with Crippen LogP contribution >= 0.6 is 23.4 Å². The van der Waals surface area contributed by atoms with Crippen LogP contribution in [0.4, 0.5) is 11.4 Å². The van der Waals surface area contributed by atoms with Crippen molar-refractivity contribution >= 4 is 51.7 Å². The third-order valence-electron chi connectivity index (χ3n) is 3.78. The Kier molecular flexibility index (Phi) is 5.15. The molecule has 0 fully saturated rings. The molecule has 9 heteroatoms. The van der Waals surface area contributed by atoms with E-state index in [1.54, 1.807) is 25.1 Å². The maximum atomic E-state index is 12.4. The van der Waals surface area contributed by atoms with Gasteiger partial charge in [-0.3, -0.25) is 14.9 Å². The molecule has 134 valence electrons. The van der Waals surface area contributed by atoms with Crippen molar-refractivity contribution in [1.82, 2.24) is 9.55 Å². The number of halogens is 1. The summed E-state index contributed by atoms with van der Waals surface area (Å²) in [5.74, 6) is -0.263. The first kappa shape index (κ1) is 18.2. The predicted molar refractivity (Wildman–Crippen MR) is 103 cm³/mol. The quantitative estimate of drug-likeness (QED) is 0.399. The van der Waals surface area contributed by atoms with Gasteiger partial charge in [-0.1, -0.05) is 29.4 Å². The number of fused-ring (bicyclic) bond motifs is 1. The average molecular weight is 391 g/mol. The highest BCUT2D eigenvalue weighted by molar-refractivity contribution is 8.00. The summed E-state index contributed by atoms with van der Waals surface area (Å²) in [5, 5.41) is 14.4. The number of anilines is 1. The molecule has 1 N–H and O–H groups in total. The molecule has 1 atom stereocenters. The maximum absolute atomic E-state index is 12.4. The third-order valence-corrected chi connectivity index (χ3v) is 5.16. The molecular formula is C17H15ClN4O3S. The van der Waals surface area contributed by atoms with E-state index in [4.69, 9.17) is 11.6 Å². The zero-order valence-corrected chi connectivity index (χ0v) is 15.5. The highest BCUT2D eigenvalue weighted by atomic mass is 35.5. The Hall–Kier alpha value is -2.58. The van der Waals surface area contributed by atoms with Gasteiger partial charge in [0.1, 0.15) is 0 Å². The van der Waals surface area contributed by atoms with Crippen LogP contribution in [0, 0.1) is 10.1 Å². The number of aromatic nitrogens is 2. The van der Waals surface area contributed by atoms with E-state index in [2.05, 4.69) is 10.3 Å². The third kappa shape index (κ3) is 3.81. The zero-order chi connectivity index (χ0) is 18.8. The van der Waals surface area contributed by atoms with Gasteiger partial charge in [0.2, 0.25) is 5.91 Å². The monoisotopic (exact) mass is 390 g/mol. The molecule has 1 unspecified atom stereocenters. The number of imidazole rings is 1. The zero-order valence-electron chi connectivity index (χ0n) is 14.0. The predicted octanol–water partition coefficient (Wildman–Crippen LogP) is 4.25. The lowest BCUT2D eigenvalue weighted by molar-refractivity contribution is -0.384. The van der Waals surface area contributed by atoms with Crippen molar-refractivity contribution in [3.8, 4) is 0 Å². The first-order chi connectivity index (χ1) is 12.3. The number of carbonyl (C=O) groups excluding carboxylic acids is 1. The molecule has 1 amide bonds. The van der Waals surface area contributed by atoms with Crippen LogP contribution in [0.25, 0.3) is 11.0 Å². The van der Waals surface area contributed by atoms with Gasteiger partial charge in [0.15, 0.2) is 5.16 Å². The van der Waals surface area contributed by atoms with E-state index >= 15 is 0 Å². The normalized spacial score (nSPS) is 12.1. The average Bonchev–Trinajstić information content (AvgIpc) is 2.90. The number of carbonyl (C=O) groups is 1. The smallest absolute Gasteiger partial charge is 0.271 e. The van der Waals surface area contributed by atoms with E-state index in [0.29, 0.717) is 15.9 Å². The van der Waals surface area contributed by atoms with Gasteiger partial charge in [-0.25, -0.2) is 4.98 Å². The van der Waals surface area contributed by atoms with Crippen LogP contribution in [0.1, 0.15) is 6.92 Å². The van der Waals surface area contributed by atoms with E-state index in [0.717, 1.165) is 11.0 Å². The second kappa shape index (κ2) is 7.35. The minimum absolute atomic E-state index is 0.0738. The molecule has 7 nitrogen and oxygen atoms in total. The van der Waals surface area contributed by atoms with Crippen LogP contribution in [-0.2, 0) is 11.8 Å². The molecule has 3 aromatic rings. The number of amides is 1. The Balaban J connectivity index is 1.74. The fourth-order valence-electron chi connectivity index (χ4n) is 2.41. The van der Waals surface area contributed by atoms with Gasteiger partial charge in [-0.15, -0.1) is 0 Å². The molecule has 1 heterocycles. The van der Waals surface area contributed by atoms with Crippen LogP contribution in [0.5, 0.6) is 0 Å². The van der Waals surface area contributed by atoms with Gasteiger partial charge >= 0.3 is 0 Å². The van der Waals surface area contributed by atoms with Crippen LogP contribution in [0.15, 0.2) is 47.6 Å². The standard InChI is InChI=1S/C17H15ClN4O3S/c1-10(16(23)19-12-4-3-5-13(9-12)22(24)25)26-17-20-14-8-11(18)6-7-15(14)21(17)2/h3-10H,1-2H3,(H,19,23). The molecule has 0 aliphatic rings. The van der Waals surface area contributed by atoms with Crippen molar-refractivity contribution in [1.29, 1.82) is 0 Å². The number of nitrogens with zero attached hydrogens (tertiary/aromatic N) is 3. The fraction of sp³-hybridized carbons (Fsp3) is 0.176. The molecule has 0 bridgehead atoms. The Labute approximate surface area is 158 Å². The summed E-state index contributed by atoms with van der Waals surface area (Å²) in [5.41, 5.74) is 1.99. The number of hydrogen-bond donors (Lipinski definition) is 1. The lowest BCUT2D eigenvalue weighted by Gasteiger charge is -2.11. The van der Waals surface area contributed by atoms with E-state index < -0.39 is 10.2 Å². The Bertz CT molecular complexity index is 1000. The number of rotatable bonds is 5. The topological polar surface area (TPSA) is 90.1 Å². The Morgan fingerprint density at radius 3 is 2.85 bits per heavy atom. The van der Waals surface area contributed by atoms with E-state index in [9.17, 15) is 14.9 Å². The number of aryl methyl sites for hydroxylation is 1. The van der Waals surface area contributed by atoms with Gasteiger partial charge in [-0.05, 0) is 31.2 Å². The van der Waals surface area contributed by atoms with E-state index in [-0.39, 0.29) is 11.6 Å². The molecule has 26 heavy (non-hydrogen) atoms. The molecule has 1 aromatic heterocycles. The molecule has 0 saturated heterocycles. The number of nitrogens with one attached hydrogen (secondary N) is 1. The molecular weight excluding hydrogens is 376 g/mol. The molecule has 0 spiro atoms. The van der Waals surface area contributed by atoms with Crippen molar-refractivity contribution in [3.63, 3.8) is 0 Å². The largest absolute Gasteiger partial charge is 0.325 e. The minimum Gasteiger partial charge on any atom is -0.325 e. The van der Waals surface area contributed by atoms with Gasteiger partial charge < -0.3 is 9.88 Å². The first-order valence-corrected chi connectivity index (χ1v) is 8.95. The lowest BCUT2D eigenvalue weighted by atomic mass is 10.2. The molecule has 0 saturated carbocycles. The number of non-ortho nitro benzene ring substituents is 1. The van der Waals surface area contributed by atoms with E-state index in [1.165, 1.54) is 30.0 Å². The number of benzene rings is 2. The van der Waals surface area contributed by atoms with Crippen molar-refractivity contribution in [2.45, 2.75) is 17.3 Å². The Morgan fingerprint density at radius 2 is 2.12 bits per heavy atom. The molecule has 0 aliphatic carbocycles. The highest BCUT2D eigenvalue weighted by Crippen LogP contribution is 2.28. The van der Waals surface area contributed by atoms with Crippen LogP contribution < -0.4 is 5.32 Å². The van der Waals surface area contributed by atoms with Crippen molar-refractivity contribution in [2.24, 2.45) is 7.05 Å². The summed E-state index contributed by atoms with van der Waals surface area (Å²) in [6, 6.07) is 11.3. The van der Waals surface area contributed by atoms with Gasteiger partial charge in [-0.2, -0.15) is 0 Å². The first-order valence-electron chi connectivity index (χ1n) is 7.69. The van der Waals surface area contributed by atoms with Gasteiger partial charge in [0.05, 0.1) is 21.2 Å². The summed E-state index contributed by atoms with van der Waals surface area (Å²) in [4.78, 5) is 27.3. The lowest BCUT2D eigenvalue weighted by Crippen LogP contribution is -2.22. The van der Waals surface area contributed by atoms with Crippen LogP contribution in [0.3, 0.4) is 0 Å². The number of thioether (sulfide) groups is 1. The second-order valence-electron chi connectivity index (χ2n) is 5.64. The maximum Gasteiger partial charge on any atom is 0.271 e. The summed E-state index contributed by atoms with van der Waals surface area (Å²) >= 11 is 7.30. The molecule has 2 aromatic carbocycles. The van der Waals surface area contributed by atoms with Crippen LogP contribution in [-0.4, -0.2) is 25.6 Å². The van der Waals surface area contributed by atoms with Crippen molar-refractivity contribution < 1.29 is 9.72 Å². The fourth-order valence-corrected chi connectivity index (χ4v) is 3.47. The van der Waals surface area contributed by atoms with Crippen molar-refractivity contribution in [2.75, 3.05) is 5.32 Å². The molecule has 0 radical (unpaired) electrons. The summed E-state index contributed by atoms with van der Waals surface area (Å²) in [6.07, 6.45) is 0. The number of nitro benzene ring substituents is 1. The van der Waals surface area contributed by atoms with Gasteiger partial charge in [0, 0.05) is 29.9 Å². The minimum atomic E-state index is -0.502. The highest BCUT2D eigenvalue weighted by Gasteiger charge is 2.19. The summed E-state index contributed by atoms with van der Waals surface area (Å²) in [6.45, 7) is 1.75. The summed E-state index contributed by atoms with van der Waals surface area (Å²) in [7, 11) is 1.87. The second-order valence-corrected chi connectivity index (χ2v) is 7.39. The SMILES string of the molecule is CC(Sc1nc2cc(Cl)ccc2n1C)C(=O)Nc1cccc([N+](=O)[O-])c1. The van der Waals surface area contributed by atoms with Gasteiger partial charge in [0.25, 0.3) is 5.69 Å².